The topological polar surface area (TPSA) is 0 Å². The third kappa shape index (κ3) is 0.911. The lowest BCUT2D eigenvalue weighted by Crippen LogP contribution is -1.91. The molecule has 0 N–H and O–H groups in total. The SMILES string of the molecule is Cc1ccc2c(c1C)C=CC2C. The molecule has 1 aromatic carbocycles. The Labute approximate surface area is 73.9 Å². The molecule has 1 aromatic rings. The summed E-state index contributed by atoms with van der Waals surface area (Å²) >= 11 is 0. The van der Waals surface area contributed by atoms with Crippen molar-refractivity contribution in [3.8, 4) is 0 Å². The van der Waals surface area contributed by atoms with Crippen molar-refractivity contribution in [2.75, 3.05) is 0 Å². The summed E-state index contributed by atoms with van der Waals surface area (Å²) in [6.45, 7) is 6.63. The highest BCUT2D eigenvalue weighted by molar-refractivity contribution is 5.66. The van der Waals surface area contributed by atoms with Crippen molar-refractivity contribution in [3.63, 3.8) is 0 Å². The molecule has 0 amide bonds. The van der Waals surface area contributed by atoms with Crippen LogP contribution in [0.4, 0.5) is 0 Å². The molecule has 0 saturated carbocycles. The molecule has 1 unspecified atom stereocenters. The summed E-state index contributed by atoms with van der Waals surface area (Å²) in [6, 6.07) is 4.47. The first-order valence-corrected chi connectivity index (χ1v) is 4.48. The Hall–Kier alpha value is -1.04. The maximum absolute atomic E-state index is 2.27. The molecule has 0 heterocycles. The van der Waals surface area contributed by atoms with Crippen LogP contribution < -0.4 is 0 Å². The highest BCUT2D eigenvalue weighted by Crippen LogP contribution is 2.32. The number of allylic oxidation sites excluding steroid dienone is 1. The fourth-order valence-corrected chi connectivity index (χ4v) is 1.82. The summed E-state index contributed by atoms with van der Waals surface area (Å²) in [5, 5.41) is 0. The van der Waals surface area contributed by atoms with E-state index in [1.807, 2.05) is 0 Å². The van der Waals surface area contributed by atoms with Crippen molar-refractivity contribution in [2.24, 2.45) is 0 Å². The van der Waals surface area contributed by atoms with Crippen molar-refractivity contribution >= 4 is 6.08 Å². The lowest BCUT2D eigenvalue weighted by Gasteiger charge is -2.08. The minimum absolute atomic E-state index is 0.610. The Bertz CT molecular complexity index is 345. The van der Waals surface area contributed by atoms with Crippen LogP contribution in [0.25, 0.3) is 6.08 Å². The normalized spacial score (nSPS) is 19.8. The van der Waals surface area contributed by atoms with Gasteiger partial charge in [-0.15, -0.1) is 0 Å². The maximum Gasteiger partial charge on any atom is -0.000107 e. The zero-order valence-corrected chi connectivity index (χ0v) is 7.89. The van der Waals surface area contributed by atoms with Gasteiger partial charge < -0.3 is 0 Å². The highest BCUT2D eigenvalue weighted by Gasteiger charge is 2.14. The molecule has 1 atom stereocenters. The van der Waals surface area contributed by atoms with Gasteiger partial charge in [-0.2, -0.15) is 0 Å². The minimum atomic E-state index is 0.610. The number of rotatable bonds is 0. The van der Waals surface area contributed by atoms with Gasteiger partial charge >= 0.3 is 0 Å². The molecule has 1 aliphatic carbocycles. The van der Waals surface area contributed by atoms with Crippen LogP contribution in [-0.4, -0.2) is 0 Å². The van der Waals surface area contributed by atoms with E-state index in [2.05, 4.69) is 45.1 Å². The first-order valence-electron chi connectivity index (χ1n) is 4.48. The zero-order valence-electron chi connectivity index (χ0n) is 7.89. The summed E-state index contributed by atoms with van der Waals surface area (Å²) in [7, 11) is 0. The zero-order chi connectivity index (χ0) is 8.72. The summed E-state index contributed by atoms with van der Waals surface area (Å²) in [6.07, 6.45) is 4.53. The van der Waals surface area contributed by atoms with Gasteiger partial charge in [0.25, 0.3) is 0 Å². The van der Waals surface area contributed by atoms with Crippen molar-refractivity contribution in [2.45, 2.75) is 26.7 Å². The molecule has 0 bridgehead atoms. The number of fused-ring (bicyclic) bond motifs is 1. The smallest absolute Gasteiger partial charge is 0.000107 e. The first-order chi connectivity index (χ1) is 5.70. The van der Waals surface area contributed by atoms with Crippen LogP contribution >= 0.6 is 0 Å². The second kappa shape index (κ2) is 2.48. The summed E-state index contributed by atoms with van der Waals surface area (Å²) in [5.74, 6) is 0.610. The van der Waals surface area contributed by atoms with E-state index in [1.165, 1.54) is 22.3 Å². The molecule has 0 aliphatic heterocycles. The maximum atomic E-state index is 2.27. The van der Waals surface area contributed by atoms with Crippen molar-refractivity contribution in [1.82, 2.24) is 0 Å². The number of hydrogen-bond acceptors (Lipinski definition) is 0. The fourth-order valence-electron chi connectivity index (χ4n) is 1.82. The molecule has 62 valence electrons. The van der Waals surface area contributed by atoms with E-state index in [4.69, 9.17) is 0 Å². The van der Waals surface area contributed by atoms with E-state index >= 15 is 0 Å². The minimum Gasteiger partial charge on any atom is -0.0767 e. The molecule has 12 heavy (non-hydrogen) atoms. The Morgan fingerprint density at radius 1 is 1.17 bits per heavy atom. The van der Waals surface area contributed by atoms with Crippen LogP contribution in [0.1, 0.15) is 35.1 Å². The van der Waals surface area contributed by atoms with Gasteiger partial charge in [0.1, 0.15) is 0 Å². The van der Waals surface area contributed by atoms with Gasteiger partial charge in [0, 0.05) is 0 Å². The molecule has 0 spiro atoms. The van der Waals surface area contributed by atoms with Gasteiger partial charge in [0.2, 0.25) is 0 Å². The Balaban J connectivity index is 2.67. The standard InChI is InChI=1S/C12H14/c1-8-4-6-11-9(2)5-7-12(11)10(8)3/h4-7,9H,1-3H3. The molecule has 0 saturated heterocycles. The monoisotopic (exact) mass is 158 g/mol. The highest BCUT2D eigenvalue weighted by atomic mass is 14.2. The van der Waals surface area contributed by atoms with Gasteiger partial charge in [-0.05, 0) is 42.0 Å². The van der Waals surface area contributed by atoms with E-state index in [9.17, 15) is 0 Å². The van der Waals surface area contributed by atoms with E-state index in [-0.39, 0.29) is 0 Å². The van der Waals surface area contributed by atoms with Crippen molar-refractivity contribution < 1.29 is 0 Å². The second-order valence-electron chi connectivity index (χ2n) is 3.66. The lowest BCUT2D eigenvalue weighted by molar-refractivity contribution is 0.985. The molecule has 0 heteroatoms. The van der Waals surface area contributed by atoms with Gasteiger partial charge in [-0.3, -0.25) is 0 Å². The van der Waals surface area contributed by atoms with Crippen LogP contribution in [0, 0.1) is 13.8 Å². The van der Waals surface area contributed by atoms with Gasteiger partial charge in [-0.1, -0.05) is 31.2 Å². The van der Waals surface area contributed by atoms with Gasteiger partial charge in [0.15, 0.2) is 0 Å². The average Bonchev–Trinajstić information content (AvgIpc) is 2.41. The number of hydrogen-bond donors (Lipinski definition) is 0. The largest absolute Gasteiger partial charge is 0.0767 e. The van der Waals surface area contributed by atoms with E-state index in [0.717, 1.165) is 0 Å². The Kier molecular flexibility index (Phi) is 1.57. The quantitative estimate of drug-likeness (QED) is 0.542. The molecule has 1 aliphatic rings. The second-order valence-corrected chi connectivity index (χ2v) is 3.66. The molecular weight excluding hydrogens is 144 g/mol. The predicted molar refractivity (Wildman–Crippen MR) is 53.4 cm³/mol. The molecule has 0 nitrogen and oxygen atoms in total. The Morgan fingerprint density at radius 2 is 1.92 bits per heavy atom. The van der Waals surface area contributed by atoms with Crippen LogP contribution in [0.15, 0.2) is 18.2 Å². The van der Waals surface area contributed by atoms with E-state index in [1.54, 1.807) is 0 Å². The summed E-state index contributed by atoms with van der Waals surface area (Å²) < 4.78 is 0. The average molecular weight is 158 g/mol. The van der Waals surface area contributed by atoms with Crippen molar-refractivity contribution in [3.05, 3.63) is 40.5 Å². The predicted octanol–water partition coefficient (Wildman–Crippen LogP) is 3.43. The third-order valence-corrected chi connectivity index (χ3v) is 2.86. The Morgan fingerprint density at radius 3 is 2.67 bits per heavy atom. The van der Waals surface area contributed by atoms with Crippen LogP contribution in [-0.2, 0) is 0 Å². The number of benzene rings is 1. The fraction of sp³-hybridized carbons (Fsp3) is 0.333. The molecule has 0 fully saturated rings. The van der Waals surface area contributed by atoms with Crippen LogP contribution in [0.2, 0.25) is 0 Å². The number of aryl methyl sites for hydroxylation is 1. The summed E-state index contributed by atoms with van der Waals surface area (Å²) in [5.41, 5.74) is 5.76. The van der Waals surface area contributed by atoms with E-state index < -0.39 is 0 Å². The lowest BCUT2D eigenvalue weighted by atomic mass is 9.96. The molecule has 2 rings (SSSR count). The van der Waals surface area contributed by atoms with Gasteiger partial charge in [-0.25, -0.2) is 0 Å². The molecule has 0 aromatic heterocycles. The van der Waals surface area contributed by atoms with Crippen LogP contribution in [0.3, 0.4) is 0 Å². The third-order valence-electron chi connectivity index (χ3n) is 2.86. The first kappa shape index (κ1) is 7.60. The summed E-state index contributed by atoms with van der Waals surface area (Å²) in [4.78, 5) is 0. The van der Waals surface area contributed by atoms with Gasteiger partial charge in [0.05, 0.1) is 0 Å². The van der Waals surface area contributed by atoms with E-state index in [0.29, 0.717) is 5.92 Å². The van der Waals surface area contributed by atoms with Crippen LogP contribution in [0.5, 0.6) is 0 Å². The molecule has 0 radical (unpaired) electrons. The van der Waals surface area contributed by atoms with Crippen molar-refractivity contribution in [1.29, 1.82) is 0 Å². The molecular formula is C12H14.